The lowest BCUT2D eigenvalue weighted by Gasteiger charge is -2.11. The van der Waals surface area contributed by atoms with Crippen LogP contribution in [0.25, 0.3) is 21.8 Å². The Morgan fingerprint density at radius 3 is 1.75 bits per heavy atom. The molecule has 24 heavy (non-hydrogen) atoms. The Hall–Kier alpha value is -3.01. The van der Waals surface area contributed by atoms with Gasteiger partial charge in [-0.1, -0.05) is 36.4 Å². The normalized spacial score (nSPS) is 11.5. The van der Waals surface area contributed by atoms with Crippen LogP contribution in [0.1, 0.15) is 11.1 Å². The number of benzene rings is 2. The molecule has 4 rings (SSSR count). The number of carbonyl (C=O) groups is 1. The van der Waals surface area contributed by atoms with Crippen molar-refractivity contribution >= 4 is 27.8 Å². The van der Waals surface area contributed by atoms with Gasteiger partial charge in [0.1, 0.15) is 0 Å². The summed E-state index contributed by atoms with van der Waals surface area (Å²) < 4.78 is 0. The highest BCUT2D eigenvalue weighted by molar-refractivity contribution is 5.85. The molecule has 0 unspecified atom stereocenters. The fraction of sp³-hybridized carbons (Fsp3) is 0.150. The van der Waals surface area contributed by atoms with E-state index in [2.05, 4.69) is 9.97 Å². The van der Waals surface area contributed by atoms with E-state index in [1.165, 1.54) is 0 Å². The van der Waals surface area contributed by atoms with Gasteiger partial charge in [-0.2, -0.15) is 0 Å². The molecule has 0 bridgehead atoms. The minimum Gasteiger partial charge on any atom is -0.481 e. The van der Waals surface area contributed by atoms with Crippen molar-refractivity contribution in [3.8, 4) is 0 Å². The van der Waals surface area contributed by atoms with Crippen LogP contribution in [0.4, 0.5) is 0 Å². The van der Waals surface area contributed by atoms with Crippen LogP contribution >= 0.6 is 0 Å². The van der Waals surface area contributed by atoms with Crippen molar-refractivity contribution in [1.82, 2.24) is 9.97 Å². The maximum absolute atomic E-state index is 11.8. The third-order valence-electron chi connectivity index (χ3n) is 4.63. The van der Waals surface area contributed by atoms with Crippen LogP contribution in [0.3, 0.4) is 0 Å². The zero-order chi connectivity index (χ0) is 16.5. The molecule has 2 aromatic carbocycles. The van der Waals surface area contributed by atoms with Crippen molar-refractivity contribution in [3.63, 3.8) is 0 Å². The van der Waals surface area contributed by atoms with E-state index in [-0.39, 0.29) is 0 Å². The third kappa shape index (κ3) is 2.56. The zero-order valence-corrected chi connectivity index (χ0v) is 13.1. The van der Waals surface area contributed by atoms with Crippen LogP contribution in [-0.4, -0.2) is 21.0 Å². The SMILES string of the molecule is O=C(O)C(Cc1c[nH]c2ccccc12)Cc1c[nH]c2ccccc12. The number of hydrogen-bond donors (Lipinski definition) is 3. The number of para-hydroxylation sites is 2. The van der Waals surface area contributed by atoms with Crippen molar-refractivity contribution < 1.29 is 9.90 Å². The molecule has 0 saturated heterocycles. The van der Waals surface area contributed by atoms with E-state index in [0.29, 0.717) is 12.8 Å². The standard InChI is InChI=1S/C20H18N2O2/c23-20(24)13(9-14-11-21-18-7-3-1-5-16(14)18)10-15-12-22-19-8-4-2-6-17(15)19/h1-8,11-13,21-22H,9-10H2,(H,23,24). The lowest BCUT2D eigenvalue weighted by atomic mass is 9.92. The first-order valence-electron chi connectivity index (χ1n) is 8.05. The number of H-pyrrole nitrogens is 2. The van der Waals surface area contributed by atoms with Gasteiger partial charge in [0.25, 0.3) is 0 Å². The highest BCUT2D eigenvalue weighted by Gasteiger charge is 2.21. The van der Waals surface area contributed by atoms with Gasteiger partial charge in [0.15, 0.2) is 0 Å². The molecule has 4 heteroatoms. The first kappa shape index (κ1) is 14.6. The quantitative estimate of drug-likeness (QED) is 0.518. The molecule has 0 amide bonds. The Morgan fingerprint density at radius 2 is 1.29 bits per heavy atom. The van der Waals surface area contributed by atoms with E-state index < -0.39 is 11.9 Å². The second-order valence-electron chi connectivity index (χ2n) is 6.16. The molecular weight excluding hydrogens is 300 g/mol. The molecule has 4 nitrogen and oxygen atoms in total. The van der Waals surface area contributed by atoms with Gasteiger partial charge < -0.3 is 15.1 Å². The fourth-order valence-electron chi connectivity index (χ4n) is 3.38. The third-order valence-corrected chi connectivity index (χ3v) is 4.63. The Balaban J connectivity index is 1.64. The molecule has 0 fully saturated rings. The largest absolute Gasteiger partial charge is 0.481 e. The van der Waals surface area contributed by atoms with Crippen molar-refractivity contribution in [3.05, 3.63) is 72.1 Å². The molecule has 0 aliphatic heterocycles. The number of fused-ring (bicyclic) bond motifs is 2. The van der Waals surface area contributed by atoms with Crippen LogP contribution in [0.15, 0.2) is 60.9 Å². The molecule has 0 radical (unpaired) electrons. The molecule has 0 spiro atoms. The number of nitrogens with one attached hydrogen (secondary N) is 2. The zero-order valence-electron chi connectivity index (χ0n) is 13.1. The maximum Gasteiger partial charge on any atom is 0.307 e. The monoisotopic (exact) mass is 318 g/mol. The smallest absolute Gasteiger partial charge is 0.307 e. The summed E-state index contributed by atoms with van der Waals surface area (Å²) in [6.07, 6.45) is 4.88. The highest BCUT2D eigenvalue weighted by Crippen LogP contribution is 2.25. The average molecular weight is 318 g/mol. The molecule has 120 valence electrons. The highest BCUT2D eigenvalue weighted by atomic mass is 16.4. The summed E-state index contributed by atoms with van der Waals surface area (Å²) in [6.45, 7) is 0. The van der Waals surface area contributed by atoms with Crippen LogP contribution in [0.2, 0.25) is 0 Å². The van der Waals surface area contributed by atoms with Crippen molar-refractivity contribution in [1.29, 1.82) is 0 Å². The summed E-state index contributed by atoms with van der Waals surface area (Å²) in [7, 11) is 0. The molecule has 0 aliphatic rings. The van der Waals surface area contributed by atoms with E-state index in [1.807, 2.05) is 60.9 Å². The van der Waals surface area contributed by atoms with Gasteiger partial charge in [-0.25, -0.2) is 0 Å². The topological polar surface area (TPSA) is 68.9 Å². The lowest BCUT2D eigenvalue weighted by Crippen LogP contribution is -2.19. The Labute approximate surface area is 139 Å². The van der Waals surface area contributed by atoms with E-state index in [4.69, 9.17) is 0 Å². The van der Waals surface area contributed by atoms with Gasteiger partial charge in [0.2, 0.25) is 0 Å². The molecule has 2 aromatic heterocycles. The van der Waals surface area contributed by atoms with Gasteiger partial charge in [-0.3, -0.25) is 4.79 Å². The molecular formula is C20H18N2O2. The van der Waals surface area contributed by atoms with E-state index in [9.17, 15) is 9.90 Å². The van der Waals surface area contributed by atoms with E-state index in [0.717, 1.165) is 32.9 Å². The Kier molecular flexibility index (Phi) is 3.58. The molecule has 0 atom stereocenters. The minimum absolute atomic E-state index is 0.455. The number of carboxylic acids is 1. The first-order valence-corrected chi connectivity index (χ1v) is 8.05. The van der Waals surface area contributed by atoms with Gasteiger partial charge in [-0.15, -0.1) is 0 Å². The average Bonchev–Trinajstić information content (AvgIpc) is 3.19. The number of hydrogen-bond acceptors (Lipinski definition) is 1. The second kappa shape index (κ2) is 5.89. The molecule has 4 aromatic rings. The Morgan fingerprint density at radius 1 is 0.833 bits per heavy atom. The predicted octanol–water partition coefficient (Wildman–Crippen LogP) is 4.14. The number of aliphatic carboxylic acids is 1. The molecule has 3 N–H and O–H groups in total. The minimum atomic E-state index is -0.759. The fourth-order valence-corrected chi connectivity index (χ4v) is 3.38. The summed E-state index contributed by atoms with van der Waals surface area (Å²) in [4.78, 5) is 18.2. The maximum atomic E-state index is 11.8. The van der Waals surface area contributed by atoms with Gasteiger partial charge >= 0.3 is 5.97 Å². The van der Waals surface area contributed by atoms with Gasteiger partial charge in [0.05, 0.1) is 5.92 Å². The molecule has 2 heterocycles. The van der Waals surface area contributed by atoms with Crippen molar-refractivity contribution in [2.75, 3.05) is 0 Å². The number of aromatic nitrogens is 2. The lowest BCUT2D eigenvalue weighted by molar-refractivity contribution is -0.141. The summed E-state index contributed by atoms with van der Waals surface area (Å²) in [6, 6.07) is 16.0. The number of rotatable bonds is 5. The number of carboxylic acid groups (broad SMARTS) is 1. The molecule has 0 saturated carbocycles. The first-order chi connectivity index (χ1) is 11.7. The summed E-state index contributed by atoms with van der Waals surface area (Å²) in [5.41, 5.74) is 4.20. The van der Waals surface area contributed by atoms with E-state index >= 15 is 0 Å². The van der Waals surface area contributed by atoms with E-state index in [1.54, 1.807) is 0 Å². The summed E-state index contributed by atoms with van der Waals surface area (Å²) in [5.74, 6) is -1.21. The summed E-state index contributed by atoms with van der Waals surface area (Å²) in [5, 5.41) is 11.9. The van der Waals surface area contributed by atoms with Crippen molar-refractivity contribution in [2.45, 2.75) is 12.8 Å². The second-order valence-corrected chi connectivity index (χ2v) is 6.16. The van der Waals surface area contributed by atoms with Crippen LogP contribution in [0, 0.1) is 5.92 Å². The van der Waals surface area contributed by atoms with Gasteiger partial charge in [-0.05, 0) is 36.1 Å². The van der Waals surface area contributed by atoms with Gasteiger partial charge in [0, 0.05) is 34.2 Å². The Bertz CT molecular complexity index is 937. The molecule has 0 aliphatic carbocycles. The van der Waals surface area contributed by atoms with Crippen LogP contribution in [0.5, 0.6) is 0 Å². The van der Waals surface area contributed by atoms with Crippen molar-refractivity contribution in [2.24, 2.45) is 5.92 Å². The predicted molar refractivity (Wildman–Crippen MR) is 95.1 cm³/mol. The van der Waals surface area contributed by atoms with Crippen LogP contribution < -0.4 is 0 Å². The summed E-state index contributed by atoms with van der Waals surface area (Å²) >= 11 is 0. The van der Waals surface area contributed by atoms with Crippen LogP contribution in [-0.2, 0) is 17.6 Å². The number of aromatic amines is 2.